The molecule has 0 aromatic rings. The molecule has 2 unspecified atom stereocenters. The first-order valence-electron chi connectivity index (χ1n) is 7.30. The Bertz CT molecular complexity index is 250. The van der Waals surface area contributed by atoms with Gasteiger partial charge in [-0.15, -0.1) is 0 Å². The van der Waals surface area contributed by atoms with Crippen LogP contribution >= 0.6 is 0 Å². The van der Waals surface area contributed by atoms with Crippen LogP contribution in [0.5, 0.6) is 0 Å². The second-order valence-corrected chi connectivity index (χ2v) is 5.63. The first-order chi connectivity index (χ1) is 9.26. The van der Waals surface area contributed by atoms with Gasteiger partial charge in [-0.25, -0.2) is 0 Å². The van der Waals surface area contributed by atoms with Gasteiger partial charge in [0, 0.05) is 33.0 Å². The average Bonchev–Trinajstić information content (AvgIpc) is 2.44. The minimum absolute atomic E-state index is 0.0192. The summed E-state index contributed by atoms with van der Waals surface area (Å²) in [6.45, 7) is 4.30. The minimum atomic E-state index is 0.0192. The number of rotatable bonds is 6. The predicted molar refractivity (Wildman–Crippen MR) is 72.1 cm³/mol. The second-order valence-electron chi connectivity index (χ2n) is 5.63. The second kappa shape index (κ2) is 7.55. The van der Waals surface area contributed by atoms with Crippen LogP contribution in [-0.4, -0.2) is 58.4 Å². The largest absolute Gasteiger partial charge is 0.382 e. The molecule has 0 radical (unpaired) electrons. The fourth-order valence-electron chi connectivity index (χ4n) is 3.02. The Morgan fingerprint density at radius 3 is 2.79 bits per heavy atom. The molecule has 2 fully saturated rings. The highest BCUT2D eigenvalue weighted by atomic mass is 16.5. The third-order valence-corrected chi connectivity index (χ3v) is 4.28. The molecular weight excluding hydrogens is 246 g/mol. The summed E-state index contributed by atoms with van der Waals surface area (Å²) in [6, 6.07) is 0.0977. The summed E-state index contributed by atoms with van der Waals surface area (Å²) in [5.74, 6) is 0.495. The maximum absolute atomic E-state index is 6.27. The van der Waals surface area contributed by atoms with Gasteiger partial charge in [0.1, 0.15) is 0 Å². The Hall–Kier alpha value is -0.200. The predicted octanol–water partition coefficient (Wildman–Crippen LogP) is 0.953. The quantitative estimate of drug-likeness (QED) is 0.730. The molecule has 2 N–H and O–H groups in total. The number of hydrogen-bond donors (Lipinski definition) is 1. The van der Waals surface area contributed by atoms with Crippen molar-refractivity contribution in [2.24, 2.45) is 11.7 Å². The molecule has 5 nitrogen and oxygen atoms in total. The normalized spacial score (nSPS) is 28.4. The molecule has 2 aliphatic rings. The van der Waals surface area contributed by atoms with E-state index >= 15 is 0 Å². The average molecular weight is 273 g/mol. The van der Waals surface area contributed by atoms with Gasteiger partial charge in [-0.3, -0.25) is 0 Å². The molecule has 2 heterocycles. The number of ether oxygens (including phenoxy) is 4. The number of hydrogen-bond acceptors (Lipinski definition) is 5. The van der Waals surface area contributed by atoms with Crippen LogP contribution in [-0.2, 0) is 18.9 Å². The Morgan fingerprint density at radius 2 is 2.05 bits per heavy atom. The van der Waals surface area contributed by atoms with Crippen LogP contribution in [0.4, 0.5) is 0 Å². The van der Waals surface area contributed by atoms with E-state index in [1.165, 1.54) is 0 Å². The van der Waals surface area contributed by atoms with Gasteiger partial charge >= 0.3 is 0 Å². The van der Waals surface area contributed by atoms with Crippen LogP contribution in [0.1, 0.15) is 25.7 Å². The maximum Gasteiger partial charge on any atom is 0.0729 e. The highest BCUT2D eigenvalue weighted by Crippen LogP contribution is 2.37. The molecule has 5 heteroatoms. The van der Waals surface area contributed by atoms with Crippen LogP contribution in [0, 0.1) is 5.92 Å². The Kier molecular flexibility index (Phi) is 6.04. The summed E-state index contributed by atoms with van der Waals surface area (Å²) >= 11 is 0. The molecule has 0 saturated carbocycles. The molecule has 0 aromatic heterocycles. The number of nitrogens with two attached hydrogens (primary N) is 1. The van der Waals surface area contributed by atoms with E-state index in [0.29, 0.717) is 25.7 Å². The van der Waals surface area contributed by atoms with Crippen molar-refractivity contribution in [1.82, 2.24) is 0 Å². The molecule has 2 saturated heterocycles. The van der Waals surface area contributed by atoms with E-state index in [-0.39, 0.29) is 11.6 Å². The lowest BCUT2D eigenvalue weighted by Crippen LogP contribution is -2.49. The van der Waals surface area contributed by atoms with Gasteiger partial charge in [-0.05, 0) is 31.6 Å². The van der Waals surface area contributed by atoms with E-state index < -0.39 is 0 Å². The zero-order chi connectivity index (χ0) is 13.6. The highest BCUT2D eigenvalue weighted by molar-refractivity contribution is 4.91. The molecule has 0 aromatic carbocycles. The Balaban J connectivity index is 1.76. The number of methoxy groups -OCH3 is 1. The van der Waals surface area contributed by atoms with Crippen molar-refractivity contribution in [3.8, 4) is 0 Å². The van der Waals surface area contributed by atoms with Crippen molar-refractivity contribution in [2.75, 3.05) is 46.8 Å². The van der Waals surface area contributed by atoms with Crippen molar-refractivity contribution in [3.05, 3.63) is 0 Å². The van der Waals surface area contributed by atoms with Gasteiger partial charge in [-0.1, -0.05) is 0 Å². The highest BCUT2D eigenvalue weighted by Gasteiger charge is 2.40. The summed E-state index contributed by atoms with van der Waals surface area (Å²) in [4.78, 5) is 0. The molecule has 0 bridgehead atoms. The van der Waals surface area contributed by atoms with Gasteiger partial charge in [0.05, 0.1) is 25.4 Å². The molecule has 2 aliphatic heterocycles. The van der Waals surface area contributed by atoms with E-state index in [2.05, 4.69) is 0 Å². The van der Waals surface area contributed by atoms with Crippen LogP contribution in [0.2, 0.25) is 0 Å². The molecular formula is C14H27NO4. The summed E-state index contributed by atoms with van der Waals surface area (Å²) in [7, 11) is 1.68. The summed E-state index contributed by atoms with van der Waals surface area (Å²) in [6.07, 6.45) is 4.09. The first kappa shape index (κ1) is 15.2. The molecule has 2 atom stereocenters. The first-order valence-corrected chi connectivity index (χ1v) is 7.30. The van der Waals surface area contributed by atoms with Gasteiger partial charge in [0.2, 0.25) is 0 Å². The van der Waals surface area contributed by atoms with Gasteiger partial charge in [-0.2, -0.15) is 0 Å². The van der Waals surface area contributed by atoms with Crippen LogP contribution in [0.15, 0.2) is 0 Å². The Morgan fingerprint density at radius 1 is 1.26 bits per heavy atom. The van der Waals surface area contributed by atoms with E-state index in [1.54, 1.807) is 7.11 Å². The van der Waals surface area contributed by atoms with Crippen LogP contribution < -0.4 is 5.73 Å². The van der Waals surface area contributed by atoms with Crippen LogP contribution in [0.3, 0.4) is 0 Å². The van der Waals surface area contributed by atoms with E-state index in [9.17, 15) is 0 Å². The van der Waals surface area contributed by atoms with Crippen molar-refractivity contribution in [1.29, 1.82) is 0 Å². The molecule has 0 aliphatic carbocycles. The standard InChI is InChI=1S/C14H27NO4/c1-16-8-9-18-11-13(15)12-2-5-19-14(10-12)3-6-17-7-4-14/h12-13H,2-11,15H2,1H3. The van der Waals surface area contributed by atoms with Gasteiger partial charge in [0.15, 0.2) is 0 Å². The summed E-state index contributed by atoms with van der Waals surface area (Å²) < 4.78 is 22.0. The smallest absolute Gasteiger partial charge is 0.0729 e. The van der Waals surface area contributed by atoms with Crippen molar-refractivity contribution in [3.63, 3.8) is 0 Å². The lowest BCUT2D eigenvalue weighted by atomic mass is 9.78. The van der Waals surface area contributed by atoms with E-state index in [4.69, 9.17) is 24.7 Å². The summed E-state index contributed by atoms with van der Waals surface area (Å²) in [5, 5.41) is 0. The lowest BCUT2D eigenvalue weighted by molar-refractivity contribution is -0.150. The van der Waals surface area contributed by atoms with E-state index in [0.717, 1.165) is 45.5 Å². The maximum atomic E-state index is 6.27. The zero-order valence-corrected chi connectivity index (χ0v) is 11.9. The summed E-state index contributed by atoms with van der Waals surface area (Å²) in [5.41, 5.74) is 6.29. The zero-order valence-electron chi connectivity index (χ0n) is 11.9. The minimum Gasteiger partial charge on any atom is -0.382 e. The molecule has 2 rings (SSSR count). The van der Waals surface area contributed by atoms with E-state index in [1.807, 2.05) is 0 Å². The topological polar surface area (TPSA) is 62.9 Å². The van der Waals surface area contributed by atoms with Crippen molar-refractivity contribution in [2.45, 2.75) is 37.3 Å². The third-order valence-electron chi connectivity index (χ3n) is 4.28. The van der Waals surface area contributed by atoms with Gasteiger partial charge < -0.3 is 24.7 Å². The third kappa shape index (κ3) is 4.39. The lowest BCUT2D eigenvalue weighted by Gasteiger charge is -2.44. The molecule has 1 spiro atoms. The fraction of sp³-hybridized carbons (Fsp3) is 1.00. The van der Waals surface area contributed by atoms with Crippen LogP contribution in [0.25, 0.3) is 0 Å². The van der Waals surface area contributed by atoms with Gasteiger partial charge in [0.25, 0.3) is 0 Å². The fourth-order valence-corrected chi connectivity index (χ4v) is 3.02. The Labute approximate surface area is 115 Å². The monoisotopic (exact) mass is 273 g/mol. The molecule has 112 valence electrons. The molecule has 19 heavy (non-hydrogen) atoms. The van der Waals surface area contributed by atoms with Crippen molar-refractivity contribution >= 4 is 0 Å². The van der Waals surface area contributed by atoms with Crippen molar-refractivity contribution < 1.29 is 18.9 Å². The SMILES string of the molecule is COCCOCC(N)C1CCOC2(CCOCC2)C1. The molecule has 0 amide bonds.